The number of hydrogen-bond acceptors (Lipinski definition) is 4. The normalized spacial score (nSPS) is 11.2. The van der Waals surface area contributed by atoms with Crippen LogP contribution in [-0.2, 0) is 0 Å². The highest BCUT2D eigenvalue weighted by Gasteiger charge is 2.16. The second kappa shape index (κ2) is 4.49. The Labute approximate surface area is 94.9 Å². The molecule has 5 nitrogen and oxygen atoms in total. The van der Waals surface area contributed by atoms with Gasteiger partial charge in [-0.25, -0.2) is 0 Å². The average Bonchev–Trinajstić information content (AvgIpc) is 2.15. The predicted molar refractivity (Wildman–Crippen MR) is 62.3 cm³/mol. The number of likely N-dealkylation sites (N-methyl/N-ethyl adjacent to an activating group) is 1. The SMILES string of the molecule is CN(CC(C)(C)O)c1ccnc(C(N)=O)c1. The van der Waals surface area contributed by atoms with Gasteiger partial charge in [0.25, 0.3) is 5.91 Å². The Kier molecular flexibility index (Phi) is 3.49. The number of pyridine rings is 1. The Morgan fingerprint density at radius 2 is 2.25 bits per heavy atom. The molecule has 3 N–H and O–H groups in total. The van der Waals surface area contributed by atoms with Crippen molar-refractivity contribution in [1.29, 1.82) is 0 Å². The van der Waals surface area contributed by atoms with Crippen LogP contribution < -0.4 is 10.6 Å². The maximum absolute atomic E-state index is 11.0. The summed E-state index contributed by atoms with van der Waals surface area (Å²) < 4.78 is 0. The third-order valence-electron chi connectivity index (χ3n) is 2.06. The lowest BCUT2D eigenvalue weighted by atomic mass is 10.1. The van der Waals surface area contributed by atoms with Gasteiger partial charge in [0.15, 0.2) is 0 Å². The van der Waals surface area contributed by atoms with Crippen LogP contribution in [0.3, 0.4) is 0 Å². The fraction of sp³-hybridized carbons (Fsp3) is 0.455. The molecule has 0 fully saturated rings. The fourth-order valence-corrected chi connectivity index (χ4v) is 1.46. The first kappa shape index (κ1) is 12.4. The van der Waals surface area contributed by atoms with Gasteiger partial charge in [-0.15, -0.1) is 0 Å². The molecular formula is C11H17N3O2. The molecule has 1 aromatic heterocycles. The summed E-state index contributed by atoms with van der Waals surface area (Å²) in [6.45, 7) is 3.90. The van der Waals surface area contributed by atoms with Gasteiger partial charge in [0.2, 0.25) is 0 Å². The zero-order chi connectivity index (χ0) is 12.3. The number of nitrogens with zero attached hydrogens (tertiary/aromatic N) is 2. The minimum atomic E-state index is -0.801. The second-order valence-electron chi connectivity index (χ2n) is 4.43. The van der Waals surface area contributed by atoms with Crippen LogP contribution >= 0.6 is 0 Å². The van der Waals surface area contributed by atoms with Crippen LogP contribution in [0.5, 0.6) is 0 Å². The Balaban J connectivity index is 2.87. The summed E-state index contributed by atoms with van der Waals surface area (Å²) in [4.78, 5) is 16.6. The van der Waals surface area contributed by atoms with Crippen molar-refractivity contribution in [3.8, 4) is 0 Å². The number of anilines is 1. The van der Waals surface area contributed by atoms with Gasteiger partial charge in [-0.05, 0) is 26.0 Å². The average molecular weight is 223 g/mol. The lowest BCUT2D eigenvalue weighted by Gasteiger charge is -2.27. The highest BCUT2D eigenvalue weighted by molar-refractivity contribution is 5.91. The van der Waals surface area contributed by atoms with E-state index >= 15 is 0 Å². The quantitative estimate of drug-likeness (QED) is 0.773. The van der Waals surface area contributed by atoms with E-state index in [1.807, 2.05) is 11.9 Å². The lowest BCUT2D eigenvalue weighted by molar-refractivity contribution is 0.0886. The van der Waals surface area contributed by atoms with E-state index in [0.717, 1.165) is 5.69 Å². The Morgan fingerprint density at radius 3 is 2.75 bits per heavy atom. The molecule has 1 amide bonds. The summed E-state index contributed by atoms with van der Waals surface area (Å²) in [5, 5.41) is 9.68. The van der Waals surface area contributed by atoms with Crippen molar-refractivity contribution in [3.63, 3.8) is 0 Å². The molecule has 0 aliphatic rings. The molecule has 1 heterocycles. The van der Waals surface area contributed by atoms with E-state index in [1.165, 1.54) is 6.20 Å². The smallest absolute Gasteiger partial charge is 0.267 e. The van der Waals surface area contributed by atoms with Crippen LogP contribution in [0.25, 0.3) is 0 Å². The molecule has 16 heavy (non-hydrogen) atoms. The van der Waals surface area contributed by atoms with Gasteiger partial charge in [-0.3, -0.25) is 9.78 Å². The number of rotatable bonds is 4. The van der Waals surface area contributed by atoms with E-state index < -0.39 is 11.5 Å². The summed E-state index contributed by atoms with van der Waals surface area (Å²) in [6.07, 6.45) is 1.52. The molecule has 0 saturated carbocycles. The topological polar surface area (TPSA) is 79.4 Å². The molecule has 0 spiro atoms. The molecule has 1 aromatic rings. The van der Waals surface area contributed by atoms with E-state index in [4.69, 9.17) is 5.73 Å². The van der Waals surface area contributed by atoms with Crippen molar-refractivity contribution in [2.75, 3.05) is 18.5 Å². The van der Waals surface area contributed by atoms with Crippen molar-refractivity contribution < 1.29 is 9.90 Å². The van der Waals surface area contributed by atoms with Crippen LogP contribution in [0.15, 0.2) is 18.3 Å². The summed E-state index contributed by atoms with van der Waals surface area (Å²) in [5.74, 6) is -0.557. The van der Waals surface area contributed by atoms with Gasteiger partial charge in [-0.1, -0.05) is 0 Å². The minimum Gasteiger partial charge on any atom is -0.389 e. The first-order valence-corrected chi connectivity index (χ1v) is 4.99. The van der Waals surface area contributed by atoms with Gasteiger partial charge in [0, 0.05) is 25.5 Å². The third-order valence-corrected chi connectivity index (χ3v) is 2.06. The monoisotopic (exact) mass is 223 g/mol. The Morgan fingerprint density at radius 1 is 1.62 bits per heavy atom. The van der Waals surface area contributed by atoms with Crippen molar-refractivity contribution in [2.24, 2.45) is 5.73 Å². The standard InChI is InChI=1S/C11H17N3O2/c1-11(2,16)7-14(3)8-4-5-13-9(6-8)10(12)15/h4-6,16H,7H2,1-3H3,(H2,12,15). The van der Waals surface area contributed by atoms with Crippen LogP contribution in [0.4, 0.5) is 5.69 Å². The number of nitrogens with two attached hydrogens (primary N) is 1. The Bertz CT molecular complexity index is 385. The van der Waals surface area contributed by atoms with E-state index in [0.29, 0.717) is 6.54 Å². The number of primary amides is 1. The maximum atomic E-state index is 11.0. The summed E-state index contributed by atoms with van der Waals surface area (Å²) in [7, 11) is 1.83. The maximum Gasteiger partial charge on any atom is 0.267 e. The number of carbonyl (C=O) groups is 1. The second-order valence-corrected chi connectivity index (χ2v) is 4.43. The molecule has 0 aliphatic carbocycles. The number of carbonyl (C=O) groups excluding carboxylic acids is 1. The highest BCUT2D eigenvalue weighted by Crippen LogP contribution is 2.15. The zero-order valence-electron chi connectivity index (χ0n) is 9.77. The molecule has 0 saturated heterocycles. The number of hydrogen-bond donors (Lipinski definition) is 2. The van der Waals surface area contributed by atoms with Crippen LogP contribution in [0, 0.1) is 0 Å². The first-order chi connectivity index (χ1) is 7.29. The largest absolute Gasteiger partial charge is 0.389 e. The molecule has 0 unspecified atom stereocenters. The van der Waals surface area contributed by atoms with Gasteiger partial charge in [0.1, 0.15) is 5.69 Å². The van der Waals surface area contributed by atoms with Crippen molar-refractivity contribution >= 4 is 11.6 Å². The van der Waals surface area contributed by atoms with Crippen molar-refractivity contribution in [3.05, 3.63) is 24.0 Å². The summed E-state index contributed by atoms with van der Waals surface area (Å²) in [5.41, 5.74) is 5.36. The first-order valence-electron chi connectivity index (χ1n) is 4.99. The van der Waals surface area contributed by atoms with Crippen molar-refractivity contribution in [2.45, 2.75) is 19.4 Å². The number of amides is 1. The molecule has 88 valence electrons. The van der Waals surface area contributed by atoms with Crippen LogP contribution in [0.1, 0.15) is 24.3 Å². The minimum absolute atomic E-state index is 0.222. The molecule has 0 bridgehead atoms. The van der Waals surface area contributed by atoms with E-state index in [-0.39, 0.29) is 5.69 Å². The fourth-order valence-electron chi connectivity index (χ4n) is 1.46. The zero-order valence-corrected chi connectivity index (χ0v) is 9.77. The molecule has 1 rings (SSSR count). The molecule has 0 aliphatic heterocycles. The van der Waals surface area contributed by atoms with E-state index in [2.05, 4.69) is 4.98 Å². The summed E-state index contributed by atoms with van der Waals surface area (Å²) in [6, 6.07) is 3.37. The van der Waals surface area contributed by atoms with Crippen LogP contribution in [0.2, 0.25) is 0 Å². The Hall–Kier alpha value is -1.62. The number of aliphatic hydroxyl groups is 1. The van der Waals surface area contributed by atoms with Gasteiger partial charge >= 0.3 is 0 Å². The van der Waals surface area contributed by atoms with E-state index in [1.54, 1.807) is 26.0 Å². The van der Waals surface area contributed by atoms with Crippen LogP contribution in [-0.4, -0.2) is 35.2 Å². The highest BCUT2D eigenvalue weighted by atomic mass is 16.3. The lowest BCUT2D eigenvalue weighted by Crippen LogP contribution is -2.36. The summed E-state index contributed by atoms with van der Waals surface area (Å²) >= 11 is 0. The molecular weight excluding hydrogens is 206 g/mol. The van der Waals surface area contributed by atoms with E-state index in [9.17, 15) is 9.90 Å². The predicted octanol–water partition coefficient (Wildman–Crippen LogP) is 0.388. The van der Waals surface area contributed by atoms with Gasteiger partial charge in [-0.2, -0.15) is 0 Å². The number of aromatic nitrogens is 1. The molecule has 0 aromatic carbocycles. The van der Waals surface area contributed by atoms with Crippen molar-refractivity contribution in [1.82, 2.24) is 4.98 Å². The third kappa shape index (κ3) is 3.51. The van der Waals surface area contributed by atoms with Gasteiger partial charge < -0.3 is 15.7 Å². The molecule has 5 heteroatoms. The molecule has 0 atom stereocenters. The molecule has 0 radical (unpaired) electrons. The van der Waals surface area contributed by atoms with Gasteiger partial charge in [0.05, 0.1) is 5.60 Å².